The zero-order chi connectivity index (χ0) is 22.2. The molecule has 31 heavy (non-hydrogen) atoms. The summed E-state index contributed by atoms with van der Waals surface area (Å²) < 4.78 is 18.5. The number of ether oxygens (including phenoxy) is 1. The Kier molecular flexibility index (Phi) is 7.78. The number of carbonyl (C=O) groups is 1. The minimum atomic E-state index is -0.261. The number of nitrogens with one attached hydrogen (secondary N) is 2. The van der Waals surface area contributed by atoms with E-state index in [1.807, 2.05) is 56.1 Å². The Hall–Kier alpha value is -3.19. The van der Waals surface area contributed by atoms with Gasteiger partial charge in [0.05, 0.1) is 18.3 Å². The molecule has 1 unspecified atom stereocenters. The van der Waals surface area contributed by atoms with Crippen LogP contribution < -0.4 is 10.1 Å². The van der Waals surface area contributed by atoms with Crippen molar-refractivity contribution in [2.45, 2.75) is 32.7 Å². The minimum absolute atomic E-state index is 0.0493. The van der Waals surface area contributed by atoms with E-state index >= 15 is 0 Å². The summed E-state index contributed by atoms with van der Waals surface area (Å²) in [5.74, 6) is 0.474. The summed E-state index contributed by atoms with van der Waals surface area (Å²) in [7, 11) is 1.94. The highest BCUT2D eigenvalue weighted by molar-refractivity contribution is 5.94. The third-order valence-corrected chi connectivity index (χ3v) is 5.20. The second-order valence-corrected chi connectivity index (χ2v) is 7.49. The average molecular weight is 425 g/mol. The lowest BCUT2D eigenvalue weighted by molar-refractivity contribution is -0.120. The first kappa shape index (κ1) is 22.5. The van der Waals surface area contributed by atoms with E-state index in [-0.39, 0.29) is 17.8 Å². The first-order chi connectivity index (χ1) is 15.0. The highest BCUT2D eigenvalue weighted by Crippen LogP contribution is 2.19. The van der Waals surface area contributed by atoms with Crippen LogP contribution in [0, 0.1) is 5.82 Å². The molecule has 0 saturated heterocycles. The molecular weight excluding hydrogens is 395 g/mol. The lowest BCUT2D eigenvalue weighted by Crippen LogP contribution is -2.40. The molecule has 7 heteroatoms. The van der Waals surface area contributed by atoms with Crippen LogP contribution in [0.25, 0.3) is 11.3 Å². The minimum Gasteiger partial charge on any atom is -0.494 e. The Bertz CT molecular complexity index is 970. The second kappa shape index (κ2) is 10.7. The molecule has 0 radical (unpaired) electrons. The van der Waals surface area contributed by atoms with E-state index in [0.717, 1.165) is 47.8 Å². The molecule has 6 nitrogen and oxygen atoms in total. The van der Waals surface area contributed by atoms with Crippen LogP contribution in [-0.4, -0.2) is 47.2 Å². The zero-order valence-corrected chi connectivity index (χ0v) is 18.2. The van der Waals surface area contributed by atoms with E-state index in [2.05, 4.69) is 15.5 Å². The molecular formula is C24H29FN4O2. The molecule has 2 N–H and O–H groups in total. The highest BCUT2D eigenvalue weighted by atomic mass is 19.1. The molecule has 0 fully saturated rings. The molecule has 164 valence electrons. The maximum atomic E-state index is 13.1. The Balaban J connectivity index is 1.45. The largest absolute Gasteiger partial charge is 0.494 e. The van der Waals surface area contributed by atoms with Crippen molar-refractivity contribution in [1.29, 1.82) is 0 Å². The van der Waals surface area contributed by atoms with Crippen LogP contribution in [-0.2, 0) is 11.2 Å². The van der Waals surface area contributed by atoms with Gasteiger partial charge in [-0.15, -0.1) is 0 Å². The summed E-state index contributed by atoms with van der Waals surface area (Å²) in [6.07, 6.45) is 1.69. The quantitative estimate of drug-likeness (QED) is 0.503. The monoisotopic (exact) mass is 424 g/mol. The van der Waals surface area contributed by atoms with Gasteiger partial charge in [0, 0.05) is 16.9 Å². The third kappa shape index (κ3) is 6.39. The van der Waals surface area contributed by atoms with E-state index in [1.54, 1.807) is 12.1 Å². The Labute approximate surface area is 182 Å². The van der Waals surface area contributed by atoms with E-state index in [4.69, 9.17) is 4.74 Å². The maximum absolute atomic E-state index is 13.1. The van der Waals surface area contributed by atoms with Crippen LogP contribution in [0.4, 0.5) is 10.1 Å². The summed E-state index contributed by atoms with van der Waals surface area (Å²) in [6.45, 7) is 5.21. The number of halogens is 1. The van der Waals surface area contributed by atoms with Crippen molar-refractivity contribution in [3.05, 3.63) is 66.1 Å². The van der Waals surface area contributed by atoms with E-state index in [9.17, 15) is 9.18 Å². The number of benzene rings is 2. The first-order valence-corrected chi connectivity index (χ1v) is 10.5. The van der Waals surface area contributed by atoms with E-state index in [0.29, 0.717) is 6.61 Å². The fourth-order valence-corrected chi connectivity index (χ4v) is 3.22. The van der Waals surface area contributed by atoms with Crippen LogP contribution in [0.15, 0.2) is 54.6 Å². The molecule has 0 saturated carbocycles. The van der Waals surface area contributed by atoms with Gasteiger partial charge in [-0.3, -0.25) is 14.8 Å². The van der Waals surface area contributed by atoms with Gasteiger partial charge in [-0.25, -0.2) is 4.39 Å². The van der Waals surface area contributed by atoms with Crippen LogP contribution >= 0.6 is 0 Å². The van der Waals surface area contributed by atoms with Crippen molar-refractivity contribution in [3.8, 4) is 17.0 Å². The number of nitrogens with zero attached hydrogens (tertiary/aromatic N) is 2. The van der Waals surface area contributed by atoms with Crippen molar-refractivity contribution >= 4 is 11.6 Å². The molecule has 0 aliphatic rings. The molecule has 1 amide bonds. The van der Waals surface area contributed by atoms with Gasteiger partial charge in [0.25, 0.3) is 0 Å². The number of rotatable bonds is 10. The molecule has 1 aromatic heterocycles. The van der Waals surface area contributed by atoms with Crippen LogP contribution in [0.5, 0.6) is 5.75 Å². The molecule has 3 rings (SSSR count). The maximum Gasteiger partial charge on any atom is 0.241 e. The van der Waals surface area contributed by atoms with Gasteiger partial charge in [-0.05, 0) is 94.9 Å². The Morgan fingerprint density at radius 2 is 1.90 bits per heavy atom. The van der Waals surface area contributed by atoms with Gasteiger partial charge in [-0.1, -0.05) is 0 Å². The Morgan fingerprint density at radius 1 is 1.19 bits per heavy atom. The Morgan fingerprint density at radius 3 is 2.58 bits per heavy atom. The normalized spacial score (nSPS) is 12.0. The standard InChI is InChI=1S/C24H29FN4O2/c1-4-31-22-13-11-20(12-14-22)26-24(30)17(2)29(3)15-5-6-21-16-23(28-27-21)18-7-9-19(25)10-8-18/h7-14,16-17H,4-6,15H2,1-3H3,(H,26,30)(H,27,28). The van der Waals surface area contributed by atoms with Gasteiger partial charge in [-0.2, -0.15) is 5.10 Å². The second-order valence-electron chi connectivity index (χ2n) is 7.49. The van der Waals surface area contributed by atoms with Crippen LogP contribution in [0.3, 0.4) is 0 Å². The van der Waals surface area contributed by atoms with E-state index in [1.165, 1.54) is 12.1 Å². The smallest absolute Gasteiger partial charge is 0.241 e. The summed E-state index contributed by atoms with van der Waals surface area (Å²) in [4.78, 5) is 14.6. The number of aryl methyl sites for hydroxylation is 1. The fourth-order valence-electron chi connectivity index (χ4n) is 3.22. The van der Waals surface area contributed by atoms with Crippen molar-refractivity contribution in [2.75, 3.05) is 25.5 Å². The molecule has 0 aliphatic heterocycles. The van der Waals surface area contributed by atoms with Gasteiger partial charge < -0.3 is 10.1 Å². The lowest BCUT2D eigenvalue weighted by atomic mass is 10.1. The van der Waals surface area contributed by atoms with Gasteiger partial charge in [0.1, 0.15) is 11.6 Å². The van der Waals surface area contributed by atoms with Gasteiger partial charge in [0.2, 0.25) is 5.91 Å². The number of carbonyl (C=O) groups excluding carboxylic acids is 1. The molecule has 0 bridgehead atoms. The molecule has 0 aliphatic carbocycles. The number of likely N-dealkylation sites (N-methyl/N-ethyl adjacent to an activating group) is 1. The number of anilines is 1. The molecule has 1 heterocycles. The van der Waals surface area contributed by atoms with Gasteiger partial charge in [0.15, 0.2) is 0 Å². The van der Waals surface area contributed by atoms with Crippen molar-refractivity contribution < 1.29 is 13.9 Å². The number of aromatic nitrogens is 2. The SMILES string of the molecule is CCOc1ccc(NC(=O)C(C)N(C)CCCc2cc(-c3ccc(F)cc3)n[nH]2)cc1. The third-order valence-electron chi connectivity index (χ3n) is 5.20. The highest BCUT2D eigenvalue weighted by Gasteiger charge is 2.18. The fraction of sp³-hybridized carbons (Fsp3) is 0.333. The zero-order valence-electron chi connectivity index (χ0n) is 18.2. The number of hydrogen-bond donors (Lipinski definition) is 2. The molecule has 0 spiro atoms. The van der Waals surface area contributed by atoms with Crippen molar-refractivity contribution in [1.82, 2.24) is 15.1 Å². The van der Waals surface area contributed by atoms with Crippen molar-refractivity contribution in [2.24, 2.45) is 0 Å². The first-order valence-electron chi connectivity index (χ1n) is 10.5. The topological polar surface area (TPSA) is 70.2 Å². The summed E-state index contributed by atoms with van der Waals surface area (Å²) in [5, 5.41) is 10.3. The molecule has 2 aromatic carbocycles. The average Bonchev–Trinajstić information content (AvgIpc) is 3.24. The summed E-state index contributed by atoms with van der Waals surface area (Å²) in [6, 6.07) is 15.4. The number of aromatic amines is 1. The van der Waals surface area contributed by atoms with Crippen LogP contribution in [0.2, 0.25) is 0 Å². The molecule has 1 atom stereocenters. The number of hydrogen-bond acceptors (Lipinski definition) is 4. The predicted octanol–water partition coefficient (Wildman–Crippen LogP) is 4.51. The van der Waals surface area contributed by atoms with Gasteiger partial charge >= 0.3 is 0 Å². The summed E-state index contributed by atoms with van der Waals surface area (Å²) in [5.41, 5.74) is 3.44. The summed E-state index contributed by atoms with van der Waals surface area (Å²) >= 11 is 0. The number of H-pyrrole nitrogens is 1. The predicted molar refractivity (Wildman–Crippen MR) is 121 cm³/mol. The molecule has 3 aromatic rings. The lowest BCUT2D eigenvalue weighted by Gasteiger charge is -2.23. The van der Waals surface area contributed by atoms with E-state index < -0.39 is 0 Å². The van der Waals surface area contributed by atoms with Crippen molar-refractivity contribution in [3.63, 3.8) is 0 Å². The number of amides is 1. The van der Waals surface area contributed by atoms with Crippen LogP contribution in [0.1, 0.15) is 26.0 Å².